The number of hydrogen-bond acceptors (Lipinski definition) is 1. The Hall–Kier alpha value is -0.740. The van der Waals surface area contributed by atoms with E-state index in [2.05, 4.69) is 22.5 Å². The molecule has 13 heavy (non-hydrogen) atoms. The van der Waals surface area contributed by atoms with Crippen LogP contribution in [0.3, 0.4) is 0 Å². The highest BCUT2D eigenvalue weighted by atomic mass is 79.9. The minimum atomic E-state index is -0.657. The minimum Gasteiger partial charge on any atom is -0.326 e. The Morgan fingerprint density at radius 2 is 2.08 bits per heavy atom. The van der Waals surface area contributed by atoms with E-state index in [1.54, 1.807) is 0 Å². The smallest absolute Gasteiger partial charge is 0.147 e. The Kier molecular flexibility index (Phi) is 3.17. The van der Waals surface area contributed by atoms with Crippen molar-refractivity contribution in [3.8, 4) is 0 Å². The van der Waals surface area contributed by atoms with Crippen molar-refractivity contribution in [2.75, 3.05) is 6.54 Å². The van der Waals surface area contributed by atoms with E-state index in [9.17, 15) is 8.78 Å². The van der Waals surface area contributed by atoms with Crippen LogP contribution in [0, 0.1) is 11.6 Å². The Labute approximate surface area is 83.4 Å². The lowest BCUT2D eigenvalue weighted by Gasteiger charge is -2.06. The van der Waals surface area contributed by atoms with Crippen LogP contribution in [-0.2, 0) is 0 Å². The first-order valence-corrected chi connectivity index (χ1v) is 4.39. The molecule has 0 fully saturated rings. The fourth-order valence-electron chi connectivity index (χ4n) is 0.909. The second kappa shape index (κ2) is 3.98. The zero-order valence-electron chi connectivity index (χ0n) is 6.78. The highest BCUT2D eigenvalue weighted by molar-refractivity contribution is 9.10. The fourth-order valence-corrected chi connectivity index (χ4v) is 1.25. The molecular formula is C9H8BrF2N. The third-order valence-corrected chi connectivity index (χ3v) is 2.39. The fraction of sp³-hybridized carbons (Fsp3) is 0.111. The van der Waals surface area contributed by atoms with Gasteiger partial charge in [0.05, 0.1) is 4.47 Å². The van der Waals surface area contributed by atoms with E-state index in [1.165, 1.54) is 12.1 Å². The lowest BCUT2D eigenvalue weighted by Crippen LogP contribution is -2.03. The molecule has 1 aromatic rings. The minimum absolute atomic E-state index is 0.148. The maximum Gasteiger partial charge on any atom is 0.147 e. The molecule has 0 saturated heterocycles. The van der Waals surface area contributed by atoms with Crippen molar-refractivity contribution in [1.82, 2.24) is 0 Å². The number of benzene rings is 1. The number of rotatable bonds is 2. The van der Waals surface area contributed by atoms with Crippen molar-refractivity contribution >= 4 is 21.5 Å². The molecular weight excluding hydrogens is 240 g/mol. The monoisotopic (exact) mass is 247 g/mol. The SMILES string of the molecule is C=C(CN)c1ccc(F)c(Br)c1F. The van der Waals surface area contributed by atoms with Crippen LogP contribution in [0.15, 0.2) is 23.2 Å². The molecule has 0 bridgehead atoms. The average molecular weight is 248 g/mol. The first kappa shape index (κ1) is 10.3. The molecule has 0 amide bonds. The summed E-state index contributed by atoms with van der Waals surface area (Å²) >= 11 is 2.80. The molecule has 0 aliphatic carbocycles. The van der Waals surface area contributed by atoms with Crippen molar-refractivity contribution in [2.45, 2.75) is 0 Å². The van der Waals surface area contributed by atoms with Gasteiger partial charge in [-0.1, -0.05) is 6.58 Å². The summed E-state index contributed by atoms with van der Waals surface area (Å²) in [6.45, 7) is 3.71. The first-order chi connectivity index (χ1) is 6.07. The molecule has 4 heteroatoms. The lowest BCUT2D eigenvalue weighted by molar-refractivity contribution is 0.569. The van der Waals surface area contributed by atoms with Crippen LogP contribution >= 0.6 is 15.9 Å². The predicted molar refractivity (Wildman–Crippen MR) is 52.1 cm³/mol. The number of hydrogen-bond donors (Lipinski definition) is 1. The zero-order valence-corrected chi connectivity index (χ0v) is 8.37. The largest absolute Gasteiger partial charge is 0.326 e. The van der Waals surface area contributed by atoms with Gasteiger partial charge in [0.15, 0.2) is 0 Å². The van der Waals surface area contributed by atoms with Crippen molar-refractivity contribution in [3.05, 3.63) is 40.4 Å². The Bertz CT molecular complexity index is 350. The molecule has 1 aromatic carbocycles. The van der Waals surface area contributed by atoms with Gasteiger partial charge in [-0.2, -0.15) is 0 Å². The summed E-state index contributed by atoms with van der Waals surface area (Å²) in [5.41, 5.74) is 5.97. The summed E-state index contributed by atoms with van der Waals surface area (Å²) < 4.78 is 25.9. The summed E-state index contributed by atoms with van der Waals surface area (Å²) in [5, 5.41) is 0. The van der Waals surface area contributed by atoms with Gasteiger partial charge in [0.2, 0.25) is 0 Å². The topological polar surface area (TPSA) is 26.0 Å². The molecule has 0 radical (unpaired) electrons. The zero-order chi connectivity index (χ0) is 10.0. The molecule has 1 rings (SSSR count). The molecule has 0 aliphatic heterocycles. The van der Waals surface area contributed by atoms with E-state index in [4.69, 9.17) is 5.73 Å². The Balaban J connectivity index is 3.26. The van der Waals surface area contributed by atoms with E-state index in [1.807, 2.05) is 0 Å². The molecule has 0 aliphatic rings. The van der Waals surface area contributed by atoms with Crippen LogP contribution in [0.2, 0.25) is 0 Å². The lowest BCUT2D eigenvalue weighted by atomic mass is 10.1. The molecule has 70 valence electrons. The van der Waals surface area contributed by atoms with Crippen LogP contribution in [-0.4, -0.2) is 6.54 Å². The number of nitrogens with two attached hydrogens (primary N) is 1. The van der Waals surface area contributed by atoms with E-state index < -0.39 is 11.6 Å². The maximum atomic E-state index is 13.3. The average Bonchev–Trinajstić information content (AvgIpc) is 2.13. The van der Waals surface area contributed by atoms with Gasteiger partial charge in [0, 0.05) is 12.1 Å². The predicted octanol–water partition coefficient (Wildman–Crippen LogP) is 2.70. The third kappa shape index (κ3) is 1.95. The van der Waals surface area contributed by atoms with E-state index in [0.29, 0.717) is 5.57 Å². The van der Waals surface area contributed by atoms with Crippen LogP contribution in [0.4, 0.5) is 8.78 Å². The molecule has 0 saturated carbocycles. The maximum absolute atomic E-state index is 13.3. The Morgan fingerprint density at radius 3 is 2.62 bits per heavy atom. The van der Waals surface area contributed by atoms with Crippen molar-refractivity contribution in [2.24, 2.45) is 5.73 Å². The van der Waals surface area contributed by atoms with E-state index >= 15 is 0 Å². The second-order valence-corrected chi connectivity index (χ2v) is 3.32. The van der Waals surface area contributed by atoms with Gasteiger partial charge >= 0.3 is 0 Å². The van der Waals surface area contributed by atoms with Crippen LogP contribution < -0.4 is 5.73 Å². The molecule has 0 atom stereocenters. The van der Waals surface area contributed by atoms with Crippen LogP contribution in [0.1, 0.15) is 5.56 Å². The van der Waals surface area contributed by atoms with Gasteiger partial charge in [-0.15, -0.1) is 0 Å². The highest BCUT2D eigenvalue weighted by Gasteiger charge is 2.12. The van der Waals surface area contributed by atoms with Crippen molar-refractivity contribution < 1.29 is 8.78 Å². The van der Waals surface area contributed by atoms with Gasteiger partial charge in [0.1, 0.15) is 11.6 Å². The standard InChI is InChI=1S/C9H8BrF2N/c1-5(4-13)6-2-3-7(11)8(10)9(6)12/h2-3H,1,4,13H2. The summed E-state index contributed by atoms with van der Waals surface area (Å²) in [5.74, 6) is -1.29. The first-order valence-electron chi connectivity index (χ1n) is 3.59. The summed E-state index contributed by atoms with van der Waals surface area (Å²) in [7, 11) is 0. The van der Waals surface area contributed by atoms with Gasteiger partial charge in [0.25, 0.3) is 0 Å². The van der Waals surface area contributed by atoms with Gasteiger partial charge in [-0.25, -0.2) is 8.78 Å². The van der Waals surface area contributed by atoms with Gasteiger partial charge < -0.3 is 5.73 Å². The van der Waals surface area contributed by atoms with Gasteiger partial charge in [-0.3, -0.25) is 0 Å². The summed E-state index contributed by atoms with van der Waals surface area (Å²) in [6.07, 6.45) is 0. The molecule has 0 unspecified atom stereocenters. The highest BCUT2D eigenvalue weighted by Crippen LogP contribution is 2.25. The van der Waals surface area contributed by atoms with Crippen LogP contribution in [0.25, 0.3) is 5.57 Å². The number of halogens is 3. The summed E-state index contributed by atoms with van der Waals surface area (Å²) in [4.78, 5) is 0. The van der Waals surface area contributed by atoms with E-state index in [0.717, 1.165) is 0 Å². The molecule has 2 N–H and O–H groups in total. The van der Waals surface area contributed by atoms with Crippen LogP contribution in [0.5, 0.6) is 0 Å². The molecule has 0 spiro atoms. The van der Waals surface area contributed by atoms with Crippen molar-refractivity contribution in [1.29, 1.82) is 0 Å². The van der Waals surface area contributed by atoms with Gasteiger partial charge in [-0.05, 0) is 33.6 Å². The quantitative estimate of drug-likeness (QED) is 0.800. The third-order valence-electron chi connectivity index (χ3n) is 1.66. The normalized spacial score (nSPS) is 10.2. The van der Waals surface area contributed by atoms with E-state index in [-0.39, 0.29) is 16.6 Å². The second-order valence-electron chi connectivity index (χ2n) is 2.53. The summed E-state index contributed by atoms with van der Waals surface area (Å²) in [6, 6.07) is 2.49. The molecule has 1 nitrogen and oxygen atoms in total. The Morgan fingerprint density at radius 1 is 1.46 bits per heavy atom. The molecule has 0 aromatic heterocycles. The van der Waals surface area contributed by atoms with Crippen molar-refractivity contribution in [3.63, 3.8) is 0 Å². The molecule has 0 heterocycles.